The summed E-state index contributed by atoms with van der Waals surface area (Å²) in [6, 6.07) is 15.3. The fourth-order valence-electron chi connectivity index (χ4n) is 3.04. The Morgan fingerprint density at radius 2 is 1.74 bits per heavy atom. The first-order chi connectivity index (χ1) is 15.1. The van der Waals surface area contributed by atoms with E-state index in [9.17, 15) is 4.79 Å². The molecule has 4 aromatic rings. The zero-order valence-electron chi connectivity index (χ0n) is 17.2. The number of hydrogen-bond donors (Lipinski definition) is 1. The molecule has 9 heteroatoms. The van der Waals surface area contributed by atoms with Crippen molar-refractivity contribution in [2.75, 3.05) is 0 Å². The Bertz CT molecular complexity index is 1160. The Hall–Kier alpha value is -3.59. The lowest BCUT2D eigenvalue weighted by atomic mass is 10.2. The van der Waals surface area contributed by atoms with Crippen LogP contribution in [0.2, 0.25) is 0 Å². The van der Waals surface area contributed by atoms with Crippen LogP contribution < -0.4 is 5.32 Å². The second-order valence-electron chi connectivity index (χ2n) is 6.89. The maximum absolute atomic E-state index is 12.9. The average molecular weight is 432 g/mol. The molecule has 0 atom stereocenters. The molecule has 0 fully saturated rings. The fourth-order valence-corrected chi connectivity index (χ4v) is 3.98. The normalized spacial score (nSPS) is 10.8. The molecule has 0 aliphatic rings. The molecule has 1 N–H and O–H groups in total. The summed E-state index contributed by atoms with van der Waals surface area (Å²) in [5.74, 6) is 0.166. The molecule has 0 saturated heterocycles. The number of para-hydroxylation sites is 1. The number of aromatic nitrogens is 6. The number of nitrogens with zero attached hydrogens (tertiary/aromatic N) is 6. The lowest BCUT2D eigenvalue weighted by molar-refractivity contribution is 0.0945. The largest absolute Gasteiger partial charge is 0.347 e. The minimum atomic E-state index is -0.282. The van der Waals surface area contributed by atoms with E-state index in [-0.39, 0.29) is 11.6 Å². The van der Waals surface area contributed by atoms with Crippen molar-refractivity contribution in [3.8, 4) is 5.69 Å². The van der Waals surface area contributed by atoms with Crippen molar-refractivity contribution < 1.29 is 4.79 Å². The molecule has 3 heterocycles. The molecule has 4 rings (SSSR count). The molecule has 31 heavy (non-hydrogen) atoms. The molecular weight excluding hydrogens is 410 g/mol. The standard InChI is InChI=1S/C22H21N7OS/c1-15-12-16(2)26-22(25-15)31-14-19-20(21(30)24-13-17-8-10-23-11-9-17)27-28-29(19)18-6-4-3-5-7-18/h3-12H,13-14H2,1-2H3,(H,24,30). The summed E-state index contributed by atoms with van der Waals surface area (Å²) in [6.45, 7) is 4.26. The highest BCUT2D eigenvalue weighted by molar-refractivity contribution is 7.98. The Morgan fingerprint density at radius 1 is 1.03 bits per heavy atom. The zero-order valence-corrected chi connectivity index (χ0v) is 18.0. The quantitative estimate of drug-likeness (QED) is 0.354. The Morgan fingerprint density at radius 3 is 2.45 bits per heavy atom. The molecule has 0 aliphatic carbocycles. The van der Waals surface area contributed by atoms with Gasteiger partial charge in [0, 0.05) is 36.1 Å². The van der Waals surface area contributed by atoms with E-state index in [1.54, 1.807) is 17.1 Å². The van der Waals surface area contributed by atoms with Gasteiger partial charge in [-0.25, -0.2) is 14.6 Å². The lowest BCUT2D eigenvalue weighted by Gasteiger charge is -2.09. The Labute approximate surface area is 184 Å². The number of rotatable bonds is 7. The summed E-state index contributed by atoms with van der Waals surface area (Å²) >= 11 is 1.45. The van der Waals surface area contributed by atoms with Crippen molar-refractivity contribution in [1.82, 2.24) is 35.3 Å². The molecule has 0 aliphatic heterocycles. The van der Waals surface area contributed by atoms with E-state index in [2.05, 4.69) is 30.6 Å². The van der Waals surface area contributed by atoms with Crippen LogP contribution in [0.5, 0.6) is 0 Å². The highest BCUT2D eigenvalue weighted by Gasteiger charge is 2.21. The molecule has 0 unspecified atom stereocenters. The van der Waals surface area contributed by atoms with Crippen LogP contribution in [0.1, 0.15) is 33.1 Å². The molecule has 0 spiro atoms. The van der Waals surface area contributed by atoms with Gasteiger partial charge in [-0.2, -0.15) is 0 Å². The number of nitrogens with one attached hydrogen (secondary N) is 1. The van der Waals surface area contributed by atoms with Gasteiger partial charge in [0.2, 0.25) is 0 Å². The van der Waals surface area contributed by atoms with Gasteiger partial charge in [0.05, 0.1) is 11.4 Å². The van der Waals surface area contributed by atoms with Gasteiger partial charge in [0.1, 0.15) is 0 Å². The van der Waals surface area contributed by atoms with Crippen LogP contribution in [-0.2, 0) is 12.3 Å². The number of carbonyl (C=O) groups is 1. The second-order valence-corrected chi connectivity index (χ2v) is 7.83. The van der Waals surface area contributed by atoms with Crippen LogP contribution in [0, 0.1) is 13.8 Å². The van der Waals surface area contributed by atoms with Gasteiger partial charge < -0.3 is 5.32 Å². The van der Waals surface area contributed by atoms with Crippen LogP contribution >= 0.6 is 11.8 Å². The number of pyridine rings is 1. The summed E-state index contributed by atoms with van der Waals surface area (Å²) in [4.78, 5) is 25.9. The molecule has 156 valence electrons. The maximum Gasteiger partial charge on any atom is 0.274 e. The van der Waals surface area contributed by atoms with Crippen LogP contribution in [0.15, 0.2) is 66.1 Å². The molecule has 8 nitrogen and oxygen atoms in total. The molecule has 1 aromatic carbocycles. The molecule has 1 amide bonds. The second kappa shape index (κ2) is 9.48. The SMILES string of the molecule is Cc1cc(C)nc(SCc2c(C(=O)NCc3ccncc3)nnn2-c2ccccc2)n1. The van der Waals surface area contributed by atoms with Crippen molar-refractivity contribution >= 4 is 17.7 Å². The summed E-state index contributed by atoms with van der Waals surface area (Å²) in [5.41, 5.74) is 4.57. The Balaban J connectivity index is 1.60. The van der Waals surface area contributed by atoms with Crippen molar-refractivity contribution in [1.29, 1.82) is 0 Å². The lowest BCUT2D eigenvalue weighted by Crippen LogP contribution is -2.24. The van der Waals surface area contributed by atoms with Gasteiger partial charge in [-0.1, -0.05) is 35.2 Å². The van der Waals surface area contributed by atoms with Gasteiger partial charge in [0.25, 0.3) is 5.91 Å². The molecule has 0 bridgehead atoms. The highest BCUT2D eigenvalue weighted by atomic mass is 32.2. The van der Waals surface area contributed by atoms with Gasteiger partial charge in [0.15, 0.2) is 10.9 Å². The van der Waals surface area contributed by atoms with Crippen LogP contribution in [0.4, 0.5) is 0 Å². The van der Waals surface area contributed by atoms with Crippen LogP contribution in [0.3, 0.4) is 0 Å². The summed E-state index contributed by atoms with van der Waals surface area (Å²) < 4.78 is 1.69. The van der Waals surface area contributed by atoms with Crippen molar-refractivity contribution in [2.24, 2.45) is 0 Å². The first-order valence-corrected chi connectivity index (χ1v) is 10.7. The number of carbonyl (C=O) groups excluding carboxylic acids is 1. The summed E-state index contributed by atoms with van der Waals surface area (Å²) in [5, 5.41) is 12.0. The number of benzene rings is 1. The third kappa shape index (κ3) is 5.13. The average Bonchev–Trinajstić information content (AvgIpc) is 3.21. The molecule has 3 aromatic heterocycles. The van der Waals surface area contributed by atoms with Gasteiger partial charge in [-0.05, 0) is 49.7 Å². The number of thioether (sulfide) groups is 1. The van der Waals surface area contributed by atoms with Gasteiger partial charge >= 0.3 is 0 Å². The van der Waals surface area contributed by atoms with E-state index >= 15 is 0 Å². The predicted molar refractivity (Wildman–Crippen MR) is 118 cm³/mol. The first-order valence-electron chi connectivity index (χ1n) is 9.72. The Kier molecular flexibility index (Phi) is 6.32. The van der Waals surface area contributed by atoms with E-state index in [0.29, 0.717) is 23.1 Å². The maximum atomic E-state index is 12.9. The van der Waals surface area contributed by atoms with Crippen molar-refractivity contribution in [3.05, 3.63) is 89.3 Å². The van der Waals surface area contributed by atoms with Gasteiger partial charge in [-0.3, -0.25) is 9.78 Å². The molecular formula is C22H21N7OS. The van der Waals surface area contributed by atoms with E-state index in [1.807, 2.05) is 62.4 Å². The molecule has 0 saturated carbocycles. The smallest absolute Gasteiger partial charge is 0.274 e. The number of aryl methyl sites for hydroxylation is 2. The zero-order chi connectivity index (χ0) is 21.6. The minimum absolute atomic E-state index is 0.282. The monoisotopic (exact) mass is 431 g/mol. The van der Waals surface area contributed by atoms with Crippen LogP contribution in [-0.4, -0.2) is 35.9 Å². The van der Waals surface area contributed by atoms with E-state index in [1.165, 1.54) is 11.8 Å². The van der Waals surface area contributed by atoms with Crippen LogP contribution in [0.25, 0.3) is 5.69 Å². The topological polar surface area (TPSA) is 98.5 Å². The predicted octanol–water partition coefficient (Wildman–Crippen LogP) is 3.29. The molecule has 0 radical (unpaired) electrons. The van der Waals surface area contributed by atoms with Gasteiger partial charge in [-0.15, -0.1) is 5.10 Å². The highest BCUT2D eigenvalue weighted by Crippen LogP contribution is 2.23. The third-order valence-electron chi connectivity index (χ3n) is 4.48. The number of hydrogen-bond acceptors (Lipinski definition) is 7. The van der Waals surface area contributed by atoms with Crippen molar-refractivity contribution in [3.63, 3.8) is 0 Å². The van der Waals surface area contributed by atoms with E-state index in [0.717, 1.165) is 22.6 Å². The van der Waals surface area contributed by atoms with E-state index in [4.69, 9.17) is 0 Å². The summed E-state index contributed by atoms with van der Waals surface area (Å²) in [7, 11) is 0. The van der Waals surface area contributed by atoms with Crippen molar-refractivity contribution in [2.45, 2.75) is 31.3 Å². The third-order valence-corrected chi connectivity index (χ3v) is 5.34. The van der Waals surface area contributed by atoms with E-state index < -0.39 is 0 Å². The minimum Gasteiger partial charge on any atom is -0.347 e. The summed E-state index contributed by atoms with van der Waals surface area (Å²) in [6.07, 6.45) is 3.39. The fraction of sp³-hybridized carbons (Fsp3) is 0.182. The first kappa shape index (κ1) is 20.7. The number of amides is 1.